The number of ether oxygens (including phenoxy) is 1. The number of nitrogens with one attached hydrogen (secondary N) is 2. The van der Waals surface area contributed by atoms with Gasteiger partial charge in [0, 0.05) is 78.5 Å². The fourth-order valence-electron chi connectivity index (χ4n) is 4.77. The summed E-state index contributed by atoms with van der Waals surface area (Å²) in [5.74, 6) is 2.65. The number of thioether (sulfide) groups is 1. The molecule has 1 amide bonds. The number of hydrogen-bond acceptors (Lipinski definition) is 7. The van der Waals surface area contributed by atoms with Crippen LogP contribution < -0.4 is 21.2 Å². The average Bonchev–Trinajstić information content (AvgIpc) is 3.11. The van der Waals surface area contributed by atoms with E-state index < -0.39 is 0 Å². The Balaban J connectivity index is 1.52. The van der Waals surface area contributed by atoms with Gasteiger partial charge in [0.1, 0.15) is 23.0 Å². The van der Waals surface area contributed by atoms with Crippen LogP contribution in [0.5, 0.6) is 0 Å². The first-order chi connectivity index (χ1) is 19.5. The Hall–Kier alpha value is -3.43. The van der Waals surface area contributed by atoms with E-state index in [4.69, 9.17) is 4.74 Å². The monoisotopic (exact) mass is 576 g/mol. The first kappa shape index (κ1) is 30.5. The summed E-state index contributed by atoms with van der Waals surface area (Å²) in [7, 11) is 6.12. The van der Waals surface area contributed by atoms with Gasteiger partial charge in [-0.2, -0.15) is 0 Å². The Kier molecular flexibility index (Phi) is 9.71. The number of rotatable bonds is 10. The van der Waals surface area contributed by atoms with Crippen molar-refractivity contribution in [2.24, 2.45) is 7.05 Å². The summed E-state index contributed by atoms with van der Waals surface area (Å²) in [5.41, 5.74) is 2.22. The lowest BCUT2D eigenvalue weighted by molar-refractivity contribution is 0.101. The van der Waals surface area contributed by atoms with Gasteiger partial charge in [-0.3, -0.25) is 9.78 Å². The maximum absolute atomic E-state index is 13.4. The lowest BCUT2D eigenvalue weighted by Gasteiger charge is -2.30. The van der Waals surface area contributed by atoms with Crippen LogP contribution in [0.1, 0.15) is 50.3 Å². The van der Waals surface area contributed by atoms with E-state index in [0.29, 0.717) is 12.1 Å². The molecule has 3 heterocycles. The van der Waals surface area contributed by atoms with Gasteiger partial charge in [-0.25, -0.2) is 0 Å². The van der Waals surface area contributed by atoms with Gasteiger partial charge in [0.05, 0.1) is 5.69 Å². The van der Waals surface area contributed by atoms with E-state index in [2.05, 4.69) is 85.4 Å². The van der Waals surface area contributed by atoms with E-state index in [1.807, 2.05) is 48.4 Å². The maximum Gasteiger partial charge on any atom is 0.272 e. The van der Waals surface area contributed by atoms with Crippen molar-refractivity contribution in [3.8, 4) is 0 Å². The second kappa shape index (κ2) is 13.0. The van der Waals surface area contributed by atoms with Crippen molar-refractivity contribution in [2.75, 3.05) is 51.8 Å². The summed E-state index contributed by atoms with van der Waals surface area (Å²) in [6, 6.07) is 3.93. The predicted octanol–water partition coefficient (Wildman–Crippen LogP) is 3.77. The Morgan fingerprint density at radius 3 is 2.66 bits per heavy atom. The Labute approximate surface area is 248 Å². The summed E-state index contributed by atoms with van der Waals surface area (Å²) in [6.45, 7) is 12.1. The van der Waals surface area contributed by atoms with Crippen LogP contribution in [0.25, 0.3) is 12.2 Å². The molecule has 9 heteroatoms. The molecule has 41 heavy (non-hydrogen) atoms. The van der Waals surface area contributed by atoms with E-state index in [0.717, 1.165) is 70.4 Å². The number of amides is 1. The molecule has 1 aliphatic carbocycles. The molecule has 0 atom stereocenters. The Morgan fingerprint density at radius 2 is 1.98 bits per heavy atom. The van der Waals surface area contributed by atoms with E-state index in [1.165, 1.54) is 0 Å². The third kappa shape index (κ3) is 7.45. The second-order valence-electron chi connectivity index (χ2n) is 11.6. The summed E-state index contributed by atoms with van der Waals surface area (Å²) < 4.78 is 8.29. The number of pyridine rings is 1. The quantitative estimate of drug-likeness (QED) is 0.417. The number of carbonyl (C=O) groups excluding carboxylic acids is 1. The molecule has 1 aliphatic heterocycles. The zero-order chi connectivity index (χ0) is 29.7. The van der Waals surface area contributed by atoms with E-state index in [-0.39, 0.29) is 11.3 Å². The van der Waals surface area contributed by atoms with Crippen molar-refractivity contribution >= 4 is 35.5 Å². The number of hydrogen-bond donors (Lipinski definition) is 2. The summed E-state index contributed by atoms with van der Waals surface area (Å²) in [5, 5.41) is 8.60. The summed E-state index contributed by atoms with van der Waals surface area (Å²) in [6.07, 6.45) is 14.8. The van der Waals surface area contributed by atoms with Gasteiger partial charge in [0.25, 0.3) is 5.91 Å². The Bertz CT molecular complexity index is 1490. The molecule has 0 aromatic carbocycles. The first-order valence-corrected chi connectivity index (χ1v) is 15.4. The molecule has 0 bridgehead atoms. The van der Waals surface area contributed by atoms with Crippen molar-refractivity contribution in [3.63, 3.8) is 0 Å². The van der Waals surface area contributed by atoms with Crippen molar-refractivity contribution < 1.29 is 9.53 Å². The highest BCUT2D eigenvalue weighted by atomic mass is 32.2. The molecule has 2 aromatic heterocycles. The largest absolute Gasteiger partial charge is 0.462 e. The normalized spacial score (nSPS) is 14.9. The molecule has 0 radical (unpaired) electrons. The zero-order valence-corrected chi connectivity index (χ0v) is 26.5. The van der Waals surface area contributed by atoms with Crippen LogP contribution >= 0.6 is 11.8 Å². The van der Waals surface area contributed by atoms with Crippen molar-refractivity contribution in [2.45, 2.75) is 44.4 Å². The highest BCUT2D eigenvalue weighted by molar-refractivity contribution is 7.98. The minimum absolute atomic E-state index is 0.113. The minimum Gasteiger partial charge on any atom is -0.462 e. The Morgan fingerprint density at radius 1 is 1.20 bits per heavy atom. The fourth-order valence-corrected chi connectivity index (χ4v) is 5.26. The molecule has 8 nitrogen and oxygen atoms in total. The lowest BCUT2D eigenvalue weighted by atomic mass is 9.91. The van der Waals surface area contributed by atoms with Gasteiger partial charge in [-0.1, -0.05) is 26.8 Å². The topological polar surface area (TPSA) is 74.7 Å². The van der Waals surface area contributed by atoms with E-state index in [1.54, 1.807) is 11.8 Å². The highest BCUT2D eigenvalue weighted by Crippen LogP contribution is 2.30. The molecule has 2 aromatic rings. The van der Waals surface area contributed by atoms with Gasteiger partial charge in [-0.15, -0.1) is 11.8 Å². The van der Waals surface area contributed by atoms with Crippen LogP contribution in [0.3, 0.4) is 0 Å². The number of fused-ring (bicyclic) bond motifs is 1. The molecular formula is C32H44N6O2S. The van der Waals surface area contributed by atoms with Gasteiger partial charge in [0.15, 0.2) is 0 Å². The molecule has 0 saturated carbocycles. The number of dihydropyridines is 1. The minimum atomic E-state index is -0.142. The van der Waals surface area contributed by atoms with Crippen LogP contribution in [-0.4, -0.2) is 71.8 Å². The SMILES string of the molecule is CCN(CCN(C)C)C1=CC(OC2=CC=c3cc(C(=O)Nc4cc(C(C)(C)C)ncc4SC)n(C)c3=CC2)=CCN1. The van der Waals surface area contributed by atoms with Crippen molar-refractivity contribution in [1.82, 2.24) is 24.7 Å². The van der Waals surface area contributed by atoms with Gasteiger partial charge >= 0.3 is 0 Å². The molecule has 0 spiro atoms. The molecule has 2 N–H and O–H groups in total. The van der Waals surface area contributed by atoms with Gasteiger partial charge in [0.2, 0.25) is 0 Å². The molecule has 0 unspecified atom stereocenters. The summed E-state index contributed by atoms with van der Waals surface area (Å²) in [4.78, 5) is 23.5. The molecule has 0 saturated heterocycles. The molecule has 220 valence electrons. The van der Waals surface area contributed by atoms with Gasteiger partial charge < -0.3 is 29.7 Å². The number of likely N-dealkylation sites (N-methyl/N-ethyl adjacent to an activating group) is 2. The smallest absolute Gasteiger partial charge is 0.272 e. The van der Waals surface area contributed by atoms with Gasteiger partial charge in [-0.05, 0) is 57.6 Å². The lowest BCUT2D eigenvalue weighted by Crippen LogP contribution is -2.37. The van der Waals surface area contributed by atoms with Crippen LogP contribution in [-0.2, 0) is 17.2 Å². The molecule has 2 aliphatic rings. The van der Waals surface area contributed by atoms with Crippen LogP contribution in [0.15, 0.2) is 58.8 Å². The van der Waals surface area contributed by atoms with Crippen LogP contribution in [0.2, 0.25) is 0 Å². The number of carbonyl (C=O) groups is 1. The molecular weight excluding hydrogens is 532 g/mol. The first-order valence-electron chi connectivity index (χ1n) is 14.2. The van der Waals surface area contributed by atoms with Crippen LogP contribution in [0, 0.1) is 0 Å². The predicted molar refractivity (Wildman–Crippen MR) is 170 cm³/mol. The van der Waals surface area contributed by atoms with E-state index >= 15 is 0 Å². The van der Waals surface area contributed by atoms with Crippen molar-refractivity contribution in [3.05, 3.63) is 75.9 Å². The second-order valence-corrected chi connectivity index (χ2v) is 12.5. The number of aromatic nitrogens is 2. The van der Waals surface area contributed by atoms with Crippen LogP contribution in [0.4, 0.5) is 5.69 Å². The number of allylic oxidation sites excluding steroid dienone is 3. The highest BCUT2D eigenvalue weighted by Gasteiger charge is 2.20. The van der Waals surface area contributed by atoms with Crippen molar-refractivity contribution in [1.29, 1.82) is 0 Å². The summed E-state index contributed by atoms with van der Waals surface area (Å²) >= 11 is 1.57. The maximum atomic E-state index is 13.4. The van der Waals surface area contributed by atoms with E-state index in [9.17, 15) is 4.79 Å². The third-order valence-corrected chi connectivity index (χ3v) is 8.01. The molecule has 0 fully saturated rings. The standard InChI is InChI=1S/C32H44N6O2S/c1-9-38(17-16-36(5)6)30-19-24(14-15-33-30)40-23-11-10-22-18-27(37(7)26(22)13-12-23)31(39)35-25-20-29(32(2,3)4)34-21-28(25)41-8/h10-11,13-14,18-21,33H,9,12,15-17H2,1-8H3,(H,34,35,39). The number of anilines is 1. The molecule has 4 rings (SSSR count). The zero-order valence-electron chi connectivity index (χ0n) is 25.7. The average molecular weight is 577 g/mol. The third-order valence-electron chi connectivity index (χ3n) is 7.25. The fraction of sp³-hybridized carbons (Fsp3) is 0.438. The number of nitrogens with zero attached hydrogens (tertiary/aromatic N) is 4.